The minimum Gasteiger partial charge on any atom is -0.481 e. The monoisotopic (exact) mass is 302 g/mol. The zero-order valence-electron chi connectivity index (χ0n) is 11.4. The minimum atomic E-state index is -0.745. The summed E-state index contributed by atoms with van der Waals surface area (Å²) in [6.07, 6.45) is 0.762. The third-order valence-electron chi connectivity index (χ3n) is 3.00. The van der Waals surface area contributed by atoms with Gasteiger partial charge < -0.3 is 15.2 Å². The van der Waals surface area contributed by atoms with Crippen LogP contribution in [0.1, 0.15) is 11.8 Å². The fourth-order valence-corrected chi connectivity index (χ4v) is 2.75. The summed E-state index contributed by atoms with van der Waals surface area (Å²) in [4.78, 5) is 12.6. The lowest BCUT2D eigenvalue weighted by Crippen LogP contribution is -2.14. The van der Waals surface area contributed by atoms with E-state index in [1.54, 1.807) is 36.6 Å². The van der Waals surface area contributed by atoms with Gasteiger partial charge in [0.2, 0.25) is 5.88 Å². The summed E-state index contributed by atoms with van der Waals surface area (Å²) >= 11 is 1.56. The summed E-state index contributed by atoms with van der Waals surface area (Å²) < 4.78 is 6.03. The summed E-state index contributed by atoms with van der Waals surface area (Å²) in [6.45, 7) is 0.310. The normalized spacial score (nSPS) is 12.3. The number of pyridine rings is 1. The summed E-state index contributed by atoms with van der Waals surface area (Å²) in [5, 5.41) is 15.3. The fourth-order valence-electron chi connectivity index (χ4n) is 1.94. The second-order valence-electron chi connectivity index (χ2n) is 4.36. The second-order valence-corrected chi connectivity index (χ2v) is 5.27. The molecule has 0 aliphatic rings. The van der Waals surface area contributed by atoms with Gasteiger partial charge in [0.15, 0.2) is 0 Å². The maximum atomic E-state index is 10.2. The van der Waals surface area contributed by atoms with Crippen molar-refractivity contribution in [3.8, 4) is 5.88 Å². The van der Waals surface area contributed by atoms with E-state index in [0.29, 0.717) is 18.1 Å². The Labute approximate surface area is 125 Å². The molecule has 0 spiro atoms. The van der Waals surface area contributed by atoms with Crippen LogP contribution in [0.5, 0.6) is 5.88 Å². The van der Waals surface area contributed by atoms with Crippen molar-refractivity contribution in [3.63, 3.8) is 0 Å². The van der Waals surface area contributed by atoms with Crippen LogP contribution in [0.15, 0.2) is 36.0 Å². The molecule has 7 heteroatoms. The molecule has 0 bridgehead atoms. The molecule has 0 saturated heterocycles. The van der Waals surface area contributed by atoms with E-state index in [0.717, 1.165) is 16.0 Å². The number of hydrogen-bond donors (Lipinski definition) is 2. The predicted octanol–water partition coefficient (Wildman–Crippen LogP) is 2.24. The Morgan fingerprint density at radius 1 is 1.33 bits per heavy atom. The first kappa shape index (κ1) is 13.7. The highest BCUT2D eigenvalue weighted by Gasteiger charge is 2.12. The summed E-state index contributed by atoms with van der Waals surface area (Å²) in [5.41, 5.74) is 1.45. The highest BCUT2D eigenvalue weighted by molar-refractivity contribution is 7.17. The van der Waals surface area contributed by atoms with Crippen LogP contribution in [0, 0.1) is 0 Å². The average molecular weight is 302 g/mol. The minimum absolute atomic E-state index is 0.310. The number of methoxy groups -OCH3 is 1. The smallest absolute Gasteiger partial charge is 0.213 e. The zero-order valence-corrected chi connectivity index (χ0v) is 12.2. The molecule has 3 heterocycles. The number of anilines is 1. The second kappa shape index (κ2) is 6.02. The SMILES string of the molecule is COc1cccc(C(O)CNc2ncnc3ccsc23)n1. The Balaban J connectivity index is 1.73. The van der Waals surface area contributed by atoms with Crippen LogP contribution in [0.25, 0.3) is 10.2 Å². The molecule has 21 heavy (non-hydrogen) atoms. The third kappa shape index (κ3) is 2.93. The maximum Gasteiger partial charge on any atom is 0.213 e. The number of nitrogens with one attached hydrogen (secondary N) is 1. The van der Waals surface area contributed by atoms with Crippen molar-refractivity contribution in [3.05, 3.63) is 41.7 Å². The van der Waals surface area contributed by atoms with Gasteiger partial charge in [-0.2, -0.15) is 0 Å². The van der Waals surface area contributed by atoms with E-state index >= 15 is 0 Å². The summed E-state index contributed by atoms with van der Waals surface area (Å²) in [5.74, 6) is 1.20. The molecule has 0 aliphatic carbocycles. The zero-order chi connectivity index (χ0) is 14.7. The van der Waals surface area contributed by atoms with Gasteiger partial charge in [0.25, 0.3) is 0 Å². The van der Waals surface area contributed by atoms with E-state index in [1.807, 2.05) is 11.4 Å². The number of fused-ring (bicyclic) bond motifs is 1. The molecule has 0 saturated carbocycles. The first-order valence-electron chi connectivity index (χ1n) is 6.39. The summed E-state index contributed by atoms with van der Waals surface area (Å²) in [7, 11) is 1.55. The van der Waals surface area contributed by atoms with Gasteiger partial charge in [-0.3, -0.25) is 0 Å². The number of thiophene rings is 1. The van der Waals surface area contributed by atoms with Crippen LogP contribution in [0.3, 0.4) is 0 Å². The number of aromatic nitrogens is 3. The van der Waals surface area contributed by atoms with Gasteiger partial charge >= 0.3 is 0 Å². The lowest BCUT2D eigenvalue weighted by atomic mass is 10.2. The van der Waals surface area contributed by atoms with E-state index in [4.69, 9.17) is 4.74 Å². The summed E-state index contributed by atoms with van der Waals surface area (Å²) in [6, 6.07) is 7.23. The van der Waals surface area contributed by atoms with E-state index < -0.39 is 6.10 Å². The van der Waals surface area contributed by atoms with Gasteiger partial charge in [-0.15, -0.1) is 11.3 Å². The number of hydrogen-bond acceptors (Lipinski definition) is 7. The van der Waals surface area contributed by atoms with Crippen molar-refractivity contribution in [2.45, 2.75) is 6.10 Å². The molecule has 0 amide bonds. The van der Waals surface area contributed by atoms with Crippen LogP contribution < -0.4 is 10.1 Å². The van der Waals surface area contributed by atoms with Crippen molar-refractivity contribution < 1.29 is 9.84 Å². The van der Waals surface area contributed by atoms with Crippen molar-refractivity contribution >= 4 is 27.4 Å². The molecular formula is C14H14N4O2S. The molecule has 1 unspecified atom stereocenters. The topological polar surface area (TPSA) is 80.2 Å². The van der Waals surface area contributed by atoms with E-state index in [9.17, 15) is 5.11 Å². The van der Waals surface area contributed by atoms with Crippen molar-refractivity contribution in [1.82, 2.24) is 15.0 Å². The van der Waals surface area contributed by atoms with Gasteiger partial charge in [-0.1, -0.05) is 6.07 Å². The lowest BCUT2D eigenvalue weighted by molar-refractivity contribution is 0.185. The molecule has 1 atom stereocenters. The van der Waals surface area contributed by atoms with Gasteiger partial charge in [-0.05, 0) is 17.5 Å². The number of rotatable bonds is 5. The van der Waals surface area contributed by atoms with E-state index in [-0.39, 0.29) is 0 Å². The Kier molecular flexibility index (Phi) is 3.94. The van der Waals surface area contributed by atoms with Crippen LogP contribution in [0.4, 0.5) is 5.82 Å². The molecule has 0 radical (unpaired) electrons. The first-order chi connectivity index (χ1) is 10.3. The third-order valence-corrected chi connectivity index (χ3v) is 3.91. The molecule has 2 N–H and O–H groups in total. The Morgan fingerprint density at radius 2 is 2.24 bits per heavy atom. The number of aliphatic hydroxyl groups is 1. The van der Waals surface area contributed by atoms with Gasteiger partial charge in [0.05, 0.1) is 23.0 Å². The van der Waals surface area contributed by atoms with Gasteiger partial charge in [0, 0.05) is 12.6 Å². The fraction of sp³-hybridized carbons (Fsp3) is 0.214. The highest BCUT2D eigenvalue weighted by atomic mass is 32.1. The molecule has 0 aromatic carbocycles. The van der Waals surface area contributed by atoms with Crippen LogP contribution in [0.2, 0.25) is 0 Å². The van der Waals surface area contributed by atoms with E-state index in [2.05, 4.69) is 20.3 Å². The van der Waals surface area contributed by atoms with Crippen molar-refractivity contribution in [2.24, 2.45) is 0 Å². The Morgan fingerprint density at radius 3 is 3.10 bits per heavy atom. The molecule has 6 nitrogen and oxygen atoms in total. The van der Waals surface area contributed by atoms with Gasteiger partial charge in [-0.25, -0.2) is 15.0 Å². The first-order valence-corrected chi connectivity index (χ1v) is 7.27. The number of aliphatic hydroxyl groups excluding tert-OH is 1. The molecule has 108 valence electrons. The molecular weight excluding hydrogens is 288 g/mol. The van der Waals surface area contributed by atoms with Gasteiger partial charge in [0.1, 0.15) is 18.2 Å². The largest absolute Gasteiger partial charge is 0.481 e. The maximum absolute atomic E-state index is 10.2. The standard InChI is InChI=1S/C14H14N4O2S/c1-20-12-4-2-3-9(18-12)11(19)7-15-14-13-10(5-6-21-13)16-8-17-14/h2-6,8,11,19H,7H2,1H3,(H,15,16,17). The van der Waals surface area contributed by atoms with Crippen molar-refractivity contribution in [1.29, 1.82) is 0 Å². The highest BCUT2D eigenvalue weighted by Crippen LogP contribution is 2.25. The molecule has 0 fully saturated rings. The van der Waals surface area contributed by atoms with E-state index in [1.165, 1.54) is 6.33 Å². The van der Waals surface area contributed by atoms with Crippen LogP contribution in [-0.2, 0) is 0 Å². The molecule has 3 aromatic heterocycles. The quantitative estimate of drug-likeness (QED) is 0.752. The van der Waals surface area contributed by atoms with Crippen molar-refractivity contribution in [2.75, 3.05) is 19.0 Å². The van der Waals surface area contributed by atoms with Crippen LogP contribution in [-0.4, -0.2) is 33.7 Å². The predicted molar refractivity (Wildman–Crippen MR) is 81.7 cm³/mol. The average Bonchev–Trinajstić information content (AvgIpc) is 3.01. The Bertz CT molecular complexity index is 746. The number of nitrogens with zero attached hydrogens (tertiary/aromatic N) is 3. The molecule has 3 aromatic rings. The number of ether oxygens (including phenoxy) is 1. The molecule has 0 aliphatic heterocycles. The van der Waals surface area contributed by atoms with Crippen LogP contribution >= 0.6 is 11.3 Å². The lowest BCUT2D eigenvalue weighted by Gasteiger charge is -2.12. The molecule has 3 rings (SSSR count). The Hall–Kier alpha value is -2.25.